The minimum atomic E-state index is 0.802. The summed E-state index contributed by atoms with van der Waals surface area (Å²) in [6.07, 6.45) is 5.60. The van der Waals surface area contributed by atoms with E-state index in [0.717, 1.165) is 33.1 Å². The van der Waals surface area contributed by atoms with Crippen LogP contribution in [-0.2, 0) is 0 Å². The highest BCUT2D eigenvalue weighted by molar-refractivity contribution is 7.07. The molecule has 0 bridgehead atoms. The molecule has 0 aliphatic heterocycles. The van der Waals surface area contributed by atoms with Gasteiger partial charge in [-0.15, -0.1) is 16.4 Å². The normalized spacial score (nSPS) is 12.1. The average Bonchev–Trinajstić information content (AvgIpc) is 3.24. The van der Waals surface area contributed by atoms with Gasteiger partial charge in [0.2, 0.25) is 4.80 Å². The third kappa shape index (κ3) is 4.64. The molecule has 0 aliphatic rings. The van der Waals surface area contributed by atoms with Crippen molar-refractivity contribution in [2.45, 2.75) is 0 Å². The molecule has 148 valence electrons. The van der Waals surface area contributed by atoms with Gasteiger partial charge in [-0.05, 0) is 53.6 Å². The molecule has 1 heterocycles. The second-order valence-corrected chi connectivity index (χ2v) is 7.27. The van der Waals surface area contributed by atoms with Crippen molar-refractivity contribution >= 4 is 23.6 Å². The van der Waals surface area contributed by atoms with Gasteiger partial charge < -0.3 is 4.74 Å². The number of benzene rings is 3. The standard InChI is InChI=1S/C25H21N3OS/c1-29-23-16-14-21(15-17-23)24-19-30-25(28(24)22-12-6-3-7-13-22)27-26-18-8-11-20-9-4-2-5-10-20/h2-19H,1H3/b11-8+,26-18+,27-25+. The highest BCUT2D eigenvalue weighted by atomic mass is 32.1. The van der Waals surface area contributed by atoms with Gasteiger partial charge in [0.15, 0.2) is 0 Å². The molecule has 0 fully saturated rings. The topological polar surface area (TPSA) is 38.9 Å². The van der Waals surface area contributed by atoms with Crippen LogP contribution < -0.4 is 9.54 Å². The first kappa shape index (κ1) is 19.6. The Hall–Kier alpha value is -3.70. The molecule has 0 radical (unpaired) electrons. The lowest BCUT2D eigenvalue weighted by atomic mass is 10.1. The zero-order chi connectivity index (χ0) is 20.6. The highest BCUT2D eigenvalue weighted by Crippen LogP contribution is 2.25. The monoisotopic (exact) mass is 411 g/mol. The summed E-state index contributed by atoms with van der Waals surface area (Å²) in [5, 5.41) is 10.8. The molecule has 4 aromatic rings. The van der Waals surface area contributed by atoms with E-state index in [1.807, 2.05) is 72.8 Å². The molecule has 4 rings (SSSR count). The summed E-state index contributed by atoms with van der Waals surface area (Å²) in [5.41, 5.74) is 4.31. The van der Waals surface area contributed by atoms with E-state index in [-0.39, 0.29) is 0 Å². The van der Waals surface area contributed by atoms with Crippen LogP contribution in [0.5, 0.6) is 5.75 Å². The molecule has 1 aromatic heterocycles. The van der Waals surface area contributed by atoms with E-state index in [1.165, 1.54) is 0 Å². The number of rotatable bonds is 6. The minimum Gasteiger partial charge on any atom is -0.497 e. The van der Waals surface area contributed by atoms with Crippen molar-refractivity contribution in [2.24, 2.45) is 10.2 Å². The third-order valence-electron chi connectivity index (χ3n) is 4.49. The molecule has 4 nitrogen and oxygen atoms in total. The van der Waals surface area contributed by atoms with Crippen molar-refractivity contribution in [2.75, 3.05) is 7.11 Å². The number of para-hydroxylation sites is 1. The number of hydrogen-bond acceptors (Lipinski definition) is 4. The van der Waals surface area contributed by atoms with Gasteiger partial charge >= 0.3 is 0 Å². The van der Waals surface area contributed by atoms with Crippen molar-refractivity contribution in [3.05, 3.63) is 107 Å². The van der Waals surface area contributed by atoms with Crippen LogP contribution in [0.3, 0.4) is 0 Å². The summed E-state index contributed by atoms with van der Waals surface area (Å²) in [5.74, 6) is 0.833. The molecule has 0 atom stereocenters. The predicted octanol–water partition coefficient (Wildman–Crippen LogP) is 5.81. The Bertz CT molecular complexity index is 1200. The van der Waals surface area contributed by atoms with Crippen molar-refractivity contribution in [3.63, 3.8) is 0 Å². The molecule has 30 heavy (non-hydrogen) atoms. The van der Waals surface area contributed by atoms with E-state index in [9.17, 15) is 0 Å². The summed E-state index contributed by atoms with van der Waals surface area (Å²) in [6, 6.07) is 28.3. The van der Waals surface area contributed by atoms with Crippen LogP contribution in [-0.4, -0.2) is 17.9 Å². The number of thiazole rings is 1. The van der Waals surface area contributed by atoms with Gasteiger partial charge in [0, 0.05) is 17.3 Å². The minimum absolute atomic E-state index is 0.802. The number of ether oxygens (including phenoxy) is 1. The molecule has 0 unspecified atom stereocenters. The molecule has 0 saturated heterocycles. The average molecular weight is 412 g/mol. The fourth-order valence-electron chi connectivity index (χ4n) is 3.01. The molecular formula is C25H21N3OS. The van der Waals surface area contributed by atoms with Crippen LogP contribution in [0.15, 0.2) is 107 Å². The lowest BCUT2D eigenvalue weighted by Gasteiger charge is -2.09. The zero-order valence-corrected chi connectivity index (χ0v) is 17.4. The van der Waals surface area contributed by atoms with Crippen LogP contribution in [0.2, 0.25) is 0 Å². The van der Waals surface area contributed by atoms with E-state index >= 15 is 0 Å². The third-order valence-corrected chi connectivity index (χ3v) is 5.31. The molecule has 5 heteroatoms. The summed E-state index contributed by atoms with van der Waals surface area (Å²) in [4.78, 5) is 0.802. The molecule has 0 aliphatic carbocycles. The van der Waals surface area contributed by atoms with Gasteiger partial charge in [0.25, 0.3) is 0 Å². The number of nitrogens with zero attached hydrogens (tertiary/aromatic N) is 3. The Morgan fingerprint density at radius 1 is 0.867 bits per heavy atom. The van der Waals surface area contributed by atoms with Crippen LogP contribution >= 0.6 is 11.3 Å². The Kier molecular flexibility index (Phi) is 6.32. The summed E-state index contributed by atoms with van der Waals surface area (Å²) in [6.45, 7) is 0. The lowest BCUT2D eigenvalue weighted by molar-refractivity contribution is 0.415. The smallest absolute Gasteiger partial charge is 0.215 e. The second kappa shape index (κ2) is 9.67. The van der Waals surface area contributed by atoms with Crippen LogP contribution in [0.4, 0.5) is 0 Å². The van der Waals surface area contributed by atoms with Crippen molar-refractivity contribution < 1.29 is 4.74 Å². The van der Waals surface area contributed by atoms with Crippen LogP contribution in [0.25, 0.3) is 23.0 Å². The van der Waals surface area contributed by atoms with Gasteiger partial charge in [0.05, 0.1) is 12.8 Å². The summed E-state index contributed by atoms with van der Waals surface area (Å²) < 4.78 is 7.40. The molecule has 0 amide bonds. The maximum Gasteiger partial charge on any atom is 0.215 e. The maximum absolute atomic E-state index is 5.28. The van der Waals surface area contributed by atoms with Crippen molar-refractivity contribution in [1.82, 2.24) is 4.57 Å². The first-order chi connectivity index (χ1) is 14.8. The first-order valence-electron chi connectivity index (χ1n) is 9.54. The van der Waals surface area contributed by atoms with Gasteiger partial charge in [-0.25, -0.2) is 0 Å². The largest absolute Gasteiger partial charge is 0.497 e. The lowest BCUT2D eigenvalue weighted by Crippen LogP contribution is -2.13. The fourth-order valence-corrected chi connectivity index (χ4v) is 3.87. The van der Waals surface area contributed by atoms with Gasteiger partial charge in [-0.2, -0.15) is 5.10 Å². The van der Waals surface area contributed by atoms with E-state index in [1.54, 1.807) is 24.7 Å². The van der Waals surface area contributed by atoms with Gasteiger partial charge in [-0.3, -0.25) is 4.57 Å². The quantitative estimate of drug-likeness (QED) is 0.291. The second-order valence-electron chi connectivity index (χ2n) is 6.44. The van der Waals surface area contributed by atoms with Gasteiger partial charge in [-0.1, -0.05) is 54.6 Å². The molecular weight excluding hydrogens is 390 g/mol. The molecule has 0 saturated carbocycles. The predicted molar refractivity (Wildman–Crippen MR) is 125 cm³/mol. The Morgan fingerprint density at radius 2 is 1.57 bits per heavy atom. The highest BCUT2D eigenvalue weighted by Gasteiger charge is 2.10. The van der Waals surface area contributed by atoms with Crippen LogP contribution in [0, 0.1) is 0 Å². The fraction of sp³-hybridized carbons (Fsp3) is 0.0400. The zero-order valence-electron chi connectivity index (χ0n) is 16.6. The molecule has 0 spiro atoms. The number of allylic oxidation sites excluding steroid dienone is 1. The number of methoxy groups -OCH3 is 1. The Labute approximate surface area is 179 Å². The summed E-state index contributed by atoms with van der Waals surface area (Å²) >= 11 is 1.56. The summed E-state index contributed by atoms with van der Waals surface area (Å²) in [7, 11) is 1.67. The Balaban J connectivity index is 1.69. The van der Waals surface area contributed by atoms with Gasteiger partial charge in [0.1, 0.15) is 5.75 Å². The van der Waals surface area contributed by atoms with Crippen LogP contribution in [0.1, 0.15) is 5.56 Å². The Morgan fingerprint density at radius 3 is 2.27 bits per heavy atom. The first-order valence-corrected chi connectivity index (χ1v) is 10.4. The molecule has 3 aromatic carbocycles. The van der Waals surface area contributed by atoms with E-state index in [0.29, 0.717) is 0 Å². The number of aromatic nitrogens is 1. The molecule has 0 N–H and O–H groups in total. The van der Waals surface area contributed by atoms with Crippen molar-refractivity contribution in [3.8, 4) is 22.7 Å². The van der Waals surface area contributed by atoms with E-state index in [4.69, 9.17) is 4.74 Å². The number of hydrogen-bond donors (Lipinski definition) is 0. The van der Waals surface area contributed by atoms with Crippen molar-refractivity contribution in [1.29, 1.82) is 0 Å². The van der Waals surface area contributed by atoms with E-state index < -0.39 is 0 Å². The SMILES string of the molecule is COc1ccc(-c2cs/c(=N/N=C/C=C/c3ccccc3)n2-c2ccccc2)cc1. The maximum atomic E-state index is 5.28. The van der Waals surface area contributed by atoms with E-state index in [2.05, 4.69) is 44.4 Å².